The number of benzene rings is 1. The second kappa shape index (κ2) is 8.67. The van der Waals surface area contributed by atoms with Crippen molar-refractivity contribution in [2.24, 2.45) is 0 Å². The molecule has 0 saturated heterocycles. The van der Waals surface area contributed by atoms with Crippen LogP contribution in [0.1, 0.15) is 24.5 Å². The fourth-order valence-electron chi connectivity index (χ4n) is 1.62. The zero-order valence-corrected chi connectivity index (χ0v) is 13.2. The molecule has 0 spiro atoms. The van der Waals surface area contributed by atoms with Crippen molar-refractivity contribution in [1.82, 2.24) is 0 Å². The Kier molecular flexibility index (Phi) is 7.23. The van der Waals surface area contributed by atoms with E-state index in [0.717, 1.165) is 11.1 Å². The van der Waals surface area contributed by atoms with Crippen molar-refractivity contribution < 1.29 is 18.3 Å². The van der Waals surface area contributed by atoms with E-state index >= 15 is 0 Å². The van der Waals surface area contributed by atoms with Crippen molar-refractivity contribution in [3.63, 3.8) is 0 Å². The molecule has 0 aliphatic heterocycles. The van der Waals surface area contributed by atoms with Gasteiger partial charge in [-0.25, -0.2) is 8.42 Å². The second-order valence-corrected chi connectivity index (χ2v) is 6.26. The average molecular weight is 311 g/mol. The SMILES string of the molecule is CCOCCS(=O)(=O)Nc1ccc(C#CCCO)c(C)c1. The maximum absolute atomic E-state index is 11.8. The molecule has 116 valence electrons. The Morgan fingerprint density at radius 1 is 1.38 bits per heavy atom. The third-order valence-corrected chi connectivity index (χ3v) is 3.91. The summed E-state index contributed by atoms with van der Waals surface area (Å²) in [6, 6.07) is 5.18. The van der Waals surface area contributed by atoms with Crippen LogP contribution in [0.25, 0.3) is 0 Å². The monoisotopic (exact) mass is 311 g/mol. The van der Waals surface area contributed by atoms with E-state index in [-0.39, 0.29) is 19.0 Å². The van der Waals surface area contributed by atoms with Crippen molar-refractivity contribution in [2.75, 3.05) is 30.3 Å². The molecule has 5 nitrogen and oxygen atoms in total. The van der Waals surface area contributed by atoms with E-state index in [1.807, 2.05) is 13.8 Å². The van der Waals surface area contributed by atoms with Crippen LogP contribution in [0.3, 0.4) is 0 Å². The van der Waals surface area contributed by atoms with Gasteiger partial charge in [-0.3, -0.25) is 4.72 Å². The van der Waals surface area contributed by atoms with Gasteiger partial charge < -0.3 is 9.84 Å². The molecule has 0 aliphatic carbocycles. The molecule has 0 aliphatic rings. The number of nitrogens with one attached hydrogen (secondary N) is 1. The van der Waals surface area contributed by atoms with Crippen molar-refractivity contribution in [3.8, 4) is 11.8 Å². The maximum Gasteiger partial charge on any atom is 0.234 e. The molecule has 0 heterocycles. The van der Waals surface area contributed by atoms with Crippen molar-refractivity contribution in [2.45, 2.75) is 20.3 Å². The van der Waals surface area contributed by atoms with Gasteiger partial charge in [0, 0.05) is 24.3 Å². The normalized spacial score (nSPS) is 10.8. The first-order valence-electron chi connectivity index (χ1n) is 6.77. The highest BCUT2D eigenvalue weighted by atomic mass is 32.2. The number of ether oxygens (including phenoxy) is 1. The number of hydrogen-bond acceptors (Lipinski definition) is 4. The van der Waals surface area contributed by atoms with Crippen LogP contribution in [-0.4, -0.2) is 39.1 Å². The third-order valence-electron chi connectivity index (χ3n) is 2.66. The van der Waals surface area contributed by atoms with Crippen LogP contribution in [0.4, 0.5) is 5.69 Å². The van der Waals surface area contributed by atoms with Gasteiger partial charge in [0.2, 0.25) is 10.0 Å². The molecule has 21 heavy (non-hydrogen) atoms. The molecule has 1 aromatic carbocycles. The fourth-order valence-corrected chi connectivity index (χ4v) is 2.55. The molecule has 0 atom stereocenters. The van der Waals surface area contributed by atoms with Gasteiger partial charge in [-0.1, -0.05) is 11.8 Å². The molecule has 0 amide bonds. The third kappa shape index (κ3) is 6.63. The van der Waals surface area contributed by atoms with Gasteiger partial charge in [0.25, 0.3) is 0 Å². The Bertz CT molecular complexity index is 614. The summed E-state index contributed by atoms with van der Waals surface area (Å²) >= 11 is 0. The quantitative estimate of drug-likeness (QED) is 0.591. The summed E-state index contributed by atoms with van der Waals surface area (Å²) in [6.07, 6.45) is 0.422. The van der Waals surface area contributed by atoms with E-state index in [4.69, 9.17) is 9.84 Å². The van der Waals surface area contributed by atoms with Gasteiger partial charge in [0.1, 0.15) is 0 Å². The molecule has 0 bridgehead atoms. The van der Waals surface area contributed by atoms with E-state index in [0.29, 0.717) is 18.7 Å². The number of aliphatic hydroxyl groups is 1. The first kappa shape index (κ1) is 17.5. The summed E-state index contributed by atoms with van der Waals surface area (Å²) in [5, 5.41) is 8.68. The van der Waals surface area contributed by atoms with Gasteiger partial charge in [0.05, 0.1) is 19.0 Å². The van der Waals surface area contributed by atoms with Crippen LogP contribution in [0.15, 0.2) is 18.2 Å². The van der Waals surface area contributed by atoms with E-state index in [1.165, 1.54) is 0 Å². The van der Waals surface area contributed by atoms with E-state index in [9.17, 15) is 8.42 Å². The number of hydrogen-bond donors (Lipinski definition) is 2. The van der Waals surface area contributed by atoms with Gasteiger partial charge in [0.15, 0.2) is 0 Å². The molecule has 2 N–H and O–H groups in total. The molecule has 1 aromatic rings. The molecule has 0 fully saturated rings. The minimum absolute atomic E-state index is 0.0315. The van der Waals surface area contributed by atoms with Crippen molar-refractivity contribution in [1.29, 1.82) is 0 Å². The Morgan fingerprint density at radius 3 is 2.76 bits per heavy atom. The van der Waals surface area contributed by atoms with Crippen molar-refractivity contribution >= 4 is 15.7 Å². The Morgan fingerprint density at radius 2 is 2.14 bits per heavy atom. The second-order valence-electron chi connectivity index (χ2n) is 4.42. The molecular formula is C15H21NO4S. The largest absolute Gasteiger partial charge is 0.395 e. The lowest BCUT2D eigenvalue weighted by Gasteiger charge is -2.09. The number of rotatable bonds is 7. The van der Waals surface area contributed by atoms with Crippen LogP contribution in [-0.2, 0) is 14.8 Å². The Hall–Kier alpha value is -1.55. The highest BCUT2D eigenvalue weighted by molar-refractivity contribution is 7.92. The maximum atomic E-state index is 11.8. The van der Waals surface area contributed by atoms with E-state index in [1.54, 1.807) is 18.2 Å². The lowest BCUT2D eigenvalue weighted by Crippen LogP contribution is -2.20. The summed E-state index contributed by atoms with van der Waals surface area (Å²) in [5.41, 5.74) is 2.21. The summed E-state index contributed by atoms with van der Waals surface area (Å²) in [7, 11) is -3.40. The highest BCUT2D eigenvalue weighted by Gasteiger charge is 2.10. The molecule has 1 rings (SSSR count). The van der Waals surface area contributed by atoms with Crippen LogP contribution in [0.5, 0.6) is 0 Å². The molecule has 0 saturated carbocycles. The van der Waals surface area contributed by atoms with E-state index in [2.05, 4.69) is 16.6 Å². The molecule has 0 radical (unpaired) electrons. The molecule has 0 unspecified atom stereocenters. The first-order chi connectivity index (χ1) is 9.98. The standard InChI is InChI=1S/C15H21NO4S/c1-3-20-10-11-21(18,19)16-15-8-7-14(13(2)12-15)6-4-5-9-17/h7-8,12,16-17H,3,5,9-11H2,1-2H3. The Balaban J connectivity index is 2.74. The topological polar surface area (TPSA) is 75.6 Å². The van der Waals surface area contributed by atoms with Crippen molar-refractivity contribution in [3.05, 3.63) is 29.3 Å². The van der Waals surface area contributed by atoms with E-state index < -0.39 is 10.0 Å². The van der Waals surface area contributed by atoms with Crippen LogP contribution in [0.2, 0.25) is 0 Å². The molecular weight excluding hydrogens is 290 g/mol. The predicted octanol–water partition coefficient (Wildman–Crippen LogP) is 1.51. The van der Waals surface area contributed by atoms with Gasteiger partial charge in [-0.05, 0) is 37.6 Å². The van der Waals surface area contributed by atoms with Gasteiger partial charge in [-0.15, -0.1) is 0 Å². The van der Waals surface area contributed by atoms with Gasteiger partial charge in [-0.2, -0.15) is 0 Å². The first-order valence-corrected chi connectivity index (χ1v) is 8.42. The lowest BCUT2D eigenvalue weighted by molar-refractivity contribution is 0.163. The minimum Gasteiger partial charge on any atom is -0.395 e. The summed E-state index contributed by atoms with van der Waals surface area (Å²) in [5.74, 6) is 5.71. The smallest absolute Gasteiger partial charge is 0.234 e. The lowest BCUT2D eigenvalue weighted by atomic mass is 10.1. The average Bonchev–Trinajstić information content (AvgIpc) is 2.41. The Labute approximate surface area is 126 Å². The summed E-state index contributed by atoms with van der Waals surface area (Å²) in [6.45, 7) is 4.38. The van der Waals surface area contributed by atoms with Crippen LogP contribution in [0, 0.1) is 18.8 Å². The summed E-state index contributed by atoms with van der Waals surface area (Å²) < 4.78 is 31.2. The molecule has 0 aromatic heterocycles. The number of aryl methyl sites for hydroxylation is 1. The summed E-state index contributed by atoms with van der Waals surface area (Å²) in [4.78, 5) is 0. The van der Waals surface area contributed by atoms with Crippen LogP contribution >= 0.6 is 0 Å². The minimum atomic E-state index is -3.40. The highest BCUT2D eigenvalue weighted by Crippen LogP contribution is 2.15. The number of aliphatic hydroxyl groups excluding tert-OH is 1. The van der Waals surface area contributed by atoms with Crippen LogP contribution < -0.4 is 4.72 Å². The molecule has 6 heteroatoms. The zero-order valence-electron chi connectivity index (χ0n) is 12.3. The van der Waals surface area contributed by atoms with Gasteiger partial charge >= 0.3 is 0 Å². The number of anilines is 1. The fraction of sp³-hybridized carbons (Fsp3) is 0.467. The zero-order chi connectivity index (χ0) is 15.7. The predicted molar refractivity (Wildman–Crippen MR) is 83.7 cm³/mol. The number of sulfonamides is 1.